The van der Waals surface area contributed by atoms with Gasteiger partial charge in [0.1, 0.15) is 11.6 Å². The zero-order valence-corrected chi connectivity index (χ0v) is 16.8. The molecule has 2 amide bonds. The summed E-state index contributed by atoms with van der Waals surface area (Å²) in [6.45, 7) is 0.703. The normalized spacial score (nSPS) is 16.4. The van der Waals surface area contributed by atoms with Crippen LogP contribution in [0.15, 0.2) is 51.4 Å². The van der Waals surface area contributed by atoms with Crippen LogP contribution in [0.2, 0.25) is 0 Å². The fraction of sp³-hybridized carbons (Fsp3) is 0.263. The first-order valence-corrected chi connectivity index (χ1v) is 10.7. The Balaban J connectivity index is 1.28. The van der Waals surface area contributed by atoms with Crippen molar-refractivity contribution in [2.24, 2.45) is 5.92 Å². The van der Waals surface area contributed by atoms with Crippen molar-refractivity contribution in [2.75, 3.05) is 11.9 Å². The third-order valence-corrected chi connectivity index (χ3v) is 6.47. The largest absolute Gasteiger partial charge is 0.467 e. The molecule has 1 atom stereocenters. The number of nitrogens with zero attached hydrogens (tertiary/aromatic N) is 3. The van der Waals surface area contributed by atoms with Crippen molar-refractivity contribution in [1.82, 2.24) is 15.1 Å². The van der Waals surface area contributed by atoms with E-state index in [-0.39, 0.29) is 24.1 Å². The number of anilines is 1. The first-order chi connectivity index (χ1) is 14.1. The Morgan fingerprint density at radius 2 is 2.14 bits per heavy atom. The zero-order chi connectivity index (χ0) is 20.2. The lowest BCUT2D eigenvalue weighted by Crippen LogP contribution is -2.27. The summed E-state index contributed by atoms with van der Waals surface area (Å²) in [5, 5.41) is 11.2. The highest BCUT2D eigenvalue weighted by molar-refractivity contribution is 8.00. The van der Waals surface area contributed by atoms with Gasteiger partial charge in [0.25, 0.3) is 0 Å². The van der Waals surface area contributed by atoms with Crippen molar-refractivity contribution >= 4 is 40.0 Å². The fourth-order valence-electron chi connectivity index (χ4n) is 2.94. The van der Waals surface area contributed by atoms with Crippen molar-refractivity contribution in [3.8, 4) is 0 Å². The number of hydrogen-bond donors (Lipinski definition) is 1. The van der Waals surface area contributed by atoms with E-state index in [9.17, 15) is 14.0 Å². The highest BCUT2D eigenvalue weighted by Gasteiger charge is 2.35. The molecule has 0 bridgehead atoms. The molecule has 1 N–H and O–H groups in total. The van der Waals surface area contributed by atoms with Crippen LogP contribution >= 0.6 is 23.1 Å². The van der Waals surface area contributed by atoms with E-state index in [4.69, 9.17) is 4.42 Å². The lowest BCUT2D eigenvalue weighted by Gasteiger charge is -2.14. The number of likely N-dealkylation sites (tertiary alicyclic amines) is 1. The number of furan rings is 1. The Morgan fingerprint density at radius 1 is 1.31 bits per heavy atom. The molecule has 1 saturated heterocycles. The topological polar surface area (TPSA) is 88.3 Å². The number of amides is 2. The molecule has 1 fully saturated rings. The standard InChI is InChI=1S/C19H17FN4O3S2/c20-14-5-3-12(4-6-14)11-28-19-23-22-18(29-19)21-17(26)13-8-16(25)24(9-13)10-15-2-1-7-27-15/h1-7,13H,8-11H2,(H,21,22,26)/t13-/m0/s1. The number of carbonyl (C=O) groups is 2. The number of benzene rings is 1. The molecule has 0 saturated carbocycles. The molecule has 1 aliphatic rings. The highest BCUT2D eigenvalue weighted by Crippen LogP contribution is 2.29. The maximum absolute atomic E-state index is 12.9. The van der Waals surface area contributed by atoms with Crippen LogP contribution in [0, 0.1) is 11.7 Å². The number of halogens is 1. The lowest BCUT2D eigenvalue weighted by molar-refractivity contribution is -0.128. The van der Waals surface area contributed by atoms with Crippen molar-refractivity contribution in [3.63, 3.8) is 0 Å². The Labute approximate surface area is 174 Å². The average molecular weight is 433 g/mol. The summed E-state index contributed by atoms with van der Waals surface area (Å²) in [7, 11) is 0. The second kappa shape index (κ2) is 8.75. The first kappa shape index (κ1) is 19.6. The zero-order valence-electron chi connectivity index (χ0n) is 15.2. The summed E-state index contributed by atoms with van der Waals surface area (Å²) < 4.78 is 18.9. The molecule has 3 heterocycles. The number of carbonyl (C=O) groups excluding carboxylic acids is 2. The molecule has 1 aliphatic heterocycles. The summed E-state index contributed by atoms with van der Waals surface area (Å²) in [6, 6.07) is 9.84. The van der Waals surface area contributed by atoms with Gasteiger partial charge in [0.15, 0.2) is 4.34 Å². The number of aromatic nitrogens is 2. The van der Waals surface area contributed by atoms with E-state index in [0.29, 0.717) is 34.1 Å². The molecule has 0 spiro atoms. The van der Waals surface area contributed by atoms with E-state index in [0.717, 1.165) is 5.56 Å². The molecule has 0 radical (unpaired) electrons. The monoisotopic (exact) mass is 432 g/mol. The van der Waals surface area contributed by atoms with Crippen LogP contribution in [0.3, 0.4) is 0 Å². The van der Waals surface area contributed by atoms with Crippen molar-refractivity contribution in [2.45, 2.75) is 23.1 Å². The molecule has 2 aromatic heterocycles. The summed E-state index contributed by atoms with van der Waals surface area (Å²) in [4.78, 5) is 26.3. The van der Waals surface area contributed by atoms with Gasteiger partial charge in [0, 0.05) is 18.7 Å². The van der Waals surface area contributed by atoms with Gasteiger partial charge in [0.05, 0.1) is 18.7 Å². The summed E-state index contributed by atoms with van der Waals surface area (Å²) in [5.41, 5.74) is 0.971. The predicted octanol–water partition coefficient (Wildman–Crippen LogP) is 3.55. The second-order valence-electron chi connectivity index (χ2n) is 6.53. The van der Waals surface area contributed by atoms with Crippen LogP contribution in [0.5, 0.6) is 0 Å². The van der Waals surface area contributed by atoms with Crippen LogP contribution in [0.25, 0.3) is 0 Å². The van der Waals surface area contributed by atoms with Crippen molar-refractivity contribution in [1.29, 1.82) is 0 Å². The van der Waals surface area contributed by atoms with Gasteiger partial charge in [-0.3, -0.25) is 9.59 Å². The van der Waals surface area contributed by atoms with Crippen molar-refractivity contribution < 1.29 is 18.4 Å². The molecule has 10 heteroatoms. The van der Waals surface area contributed by atoms with Gasteiger partial charge in [-0.25, -0.2) is 4.39 Å². The first-order valence-electron chi connectivity index (χ1n) is 8.88. The maximum atomic E-state index is 12.9. The maximum Gasteiger partial charge on any atom is 0.231 e. The van der Waals surface area contributed by atoms with Crippen molar-refractivity contribution in [3.05, 3.63) is 59.8 Å². The Kier molecular flexibility index (Phi) is 5.91. The molecule has 0 unspecified atom stereocenters. The Bertz CT molecular complexity index is 991. The highest BCUT2D eigenvalue weighted by atomic mass is 32.2. The van der Waals surface area contributed by atoms with Crippen LogP contribution in [-0.4, -0.2) is 33.5 Å². The molecule has 4 rings (SSSR count). The van der Waals surface area contributed by atoms with Gasteiger partial charge in [0.2, 0.25) is 16.9 Å². The molecule has 0 aliphatic carbocycles. The smallest absolute Gasteiger partial charge is 0.231 e. The molecular formula is C19H17FN4O3S2. The molecule has 1 aromatic carbocycles. The predicted molar refractivity (Wildman–Crippen MR) is 107 cm³/mol. The lowest BCUT2D eigenvalue weighted by atomic mass is 10.1. The quantitative estimate of drug-likeness (QED) is 0.454. The molecule has 29 heavy (non-hydrogen) atoms. The van der Waals surface area contributed by atoms with Crippen LogP contribution in [0.1, 0.15) is 17.7 Å². The van der Waals surface area contributed by atoms with E-state index in [1.807, 2.05) is 0 Å². The van der Waals surface area contributed by atoms with E-state index in [1.165, 1.54) is 35.2 Å². The van der Waals surface area contributed by atoms with Crippen LogP contribution in [-0.2, 0) is 21.9 Å². The average Bonchev–Trinajstić information content (AvgIpc) is 3.45. The van der Waals surface area contributed by atoms with Gasteiger partial charge in [-0.15, -0.1) is 10.2 Å². The molecule has 150 valence electrons. The third-order valence-electron chi connectivity index (χ3n) is 4.42. The van der Waals surface area contributed by atoms with E-state index < -0.39 is 5.92 Å². The second-order valence-corrected chi connectivity index (χ2v) is 8.73. The van der Waals surface area contributed by atoms with E-state index in [1.54, 1.807) is 35.4 Å². The van der Waals surface area contributed by atoms with Gasteiger partial charge < -0.3 is 14.6 Å². The minimum atomic E-state index is -0.434. The molecule has 7 nitrogen and oxygen atoms in total. The summed E-state index contributed by atoms with van der Waals surface area (Å²) >= 11 is 2.73. The third kappa shape index (κ3) is 5.01. The van der Waals surface area contributed by atoms with Crippen LogP contribution < -0.4 is 5.32 Å². The number of nitrogens with one attached hydrogen (secondary N) is 1. The fourth-order valence-corrected chi connectivity index (χ4v) is 4.65. The Hall–Kier alpha value is -2.72. The molecular weight excluding hydrogens is 415 g/mol. The van der Waals surface area contributed by atoms with Gasteiger partial charge in [-0.05, 0) is 29.8 Å². The van der Waals surface area contributed by atoms with Crippen LogP contribution in [0.4, 0.5) is 9.52 Å². The van der Waals surface area contributed by atoms with Gasteiger partial charge in [-0.1, -0.05) is 35.2 Å². The number of rotatable bonds is 7. The SMILES string of the molecule is O=C(Nc1nnc(SCc2ccc(F)cc2)s1)[C@H]1CC(=O)N(Cc2ccco2)C1. The van der Waals surface area contributed by atoms with E-state index >= 15 is 0 Å². The number of hydrogen-bond acceptors (Lipinski definition) is 7. The summed E-state index contributed by atoms with van der Waals surface area (Å²) in [6.07, 6.45) is 1.72. The van der Waals surface area contributed by atoms with Gasteiger partial charge >= 0.3 is 0 Å². The number of thioether (sulfide) groups is 1. The minimum Gasteiger partial charge on any atom is -0.467 e. The summed E-state index contributed by atoms with van der Waals surface area (Å²) in [5.74, 6) is 0.290. The molecule has 3 aromatic rings. The minimum absolute atomic E-state index is 0.0747. The van der Waals surface area contributed by atoms with E-state index in [2.05, 4.69) is 15.5 Å². The Morgan fingerprint density at radius 3 is 2.90 bits per heavy atom. The van der Waals surface area contributed by atoms with Gasteiger partial charge in [-0.2, -0.15) is 0 Å².